The van der Waals surface area contributed by atoms with Crippen LogP contribution in [0.2, 0.25) is 0 Å². The number of hydrogen-bond acceptors (Lipinski definition) is 11. The second-order valence-electron chi connectivity index (χ2n) is 11.5. The molecular weight excluding hydrogens is 488 g/mol. The average Bonchev–Trinajstić information content (AvgIpc) is 3.12. The molecule has 0 amide bonds. The SMILES string of the molecule is COC(=O)[C@]12OC[C@]34[C@H]([C@@H](O)[C@@H]1O)[C@@]1(C)CC(=O)C(O)=C(C)[C@@H]1C[C@H]3OC(=O)[C@H](OC(=O)C=C(C)C)[C@@H]24. The first kappa shape index (κ1) is 25.9. The number of fused-ring (bicyclic) bond motifs is 2. The topological polar surface area (TPSA) is 166 Å². The highest BCUT2D eigenvalue weighted by Crippen LogP contribution is 2.72. The van der Waals surface area contributed by atoms with Crippen LogP contribution in [0.1, 0.15) is 40.5 Å². The van der Waals surface area contributed by atoms with Gasteiger partial charge in [-0.05, 0) is 44.1 Å². The Bertz CT molecular complexity index is 1150. The average molecular weight is 521 g/mol. The van der Waals surface area contributed by atoms with Crippen LogP contribution in [-0.4, -0.2) is 82.7 Å². The molecule has 2 bridgehead atoms. The smallest absolute Gasteiger partial charge is 0.348 e. The van der Waals surface area contributed by atoms with Crippen LogP contribution >= 0.6 is 0 Å². The minimum atomic E-state index is -2.22. The number of rotatable bonds is 3. The Morgan fingerprint density at radius 2 is 1.84 bits per heavy atom. The number of aliphatic hydroxyl groups is 3. The van der Waals surface area contributed by atoms with Gasteiger partial charge in [0.05, 0.1) is 25.7 Å². The first-order valence-corrected chi connectivity index (χ1v) is 12.3. The molecule has 0 radical (unpaired) electrons. The highest BCUT2D eigenvalue weighted by molar-refractivity contribution is 5.95. The van der Waals surface area contributed by atoms with Crippen molar-refractivity contribution >= 4 is 23.7 Å². The van der Waals surface area contributed by atoms with Gasteiger partial charge in [-0.15, -0.1) is 0 Å². The summed E-state index contributed by atoms with van der Waals surface area (Å²) in [6.45, 7) is 6.53. The first-order valence-electron chi connectivity index (χ1n) is 12.3. The van der Waals surface area contributed by atoms with E-state index >= 15 is 0 Å². The van der Waals surface area contributed by atoms with Gasteiger partial charge in [0, 0.05) is 23.8 Å². The number of methoxy groups -OCH3 is 1. The molecule has 10 atom stereocenters. The second-order valence-corrected chi connectivity index (χ2v) is 11.5. The lowest BCUT2D eigenvalue weighted by atomic mass is 9.38. The lowest BCUT2D eigenvalue weighted by Crippen LogP contribution is -2.79. The predicted molar refractivity (Wildman–Crippen MR) is 122 cm³/mol. The number of allylic oxidation sites excluding steroid dienone is 3. The molecule has 0 unspecified atom stereocenters. The van der Waals surface area contributed by atoms with E-state index in [-0.39, 0.29) is 25.2 Å². The van der Waals surface area contributed by atoms with Crippen LogP contribution in [0.5, 0.6) is 0 Å². The molecule has 37 heavy (non-hydrogen) atoms. The fraction of sp³-hybridized carbons (Fsp3) is 0.692. The monoisotopic (exact) mass is 520 g/mol. The number of Topliss-reactive ketones (excluding diaryl/α,β-unsaturated/α-hetero) is 1. The molecule has 2 aliphatic heterocycles. The van der Waals surface area contributed by atoms with E-state index in [1.807, 2.05) is 0 Å². The molecule has 3 N–H and O–H groups in total. The molecule has 2 saturated carbocycles. The van der Waals surface area contributed by atoms with Gasteiger partial charge in [0.1, 0.15) is 12.2 Å². The second kappa shape index (κ2) is 8.12. The Labute approximate surface area is 213 Å². The van der Waals surface area contributed by atoms with Crippen LogP contribution < -0.4 is 0 Å². The molecule has 1 spiro atoms. The summed E-state index contributed by atoms with van der Waals surface area (Å²) in [4.78, 5) is 52.2. The van der Waals surface area contributed by atoms with Crippen LogP contribution in [0.15, 0.2) is 23.0 Å². The summed E-state index contributed by atoms with van der Waals surface area (Å²) in [5.41, 5.74) is -3.50. The third-order valence-electron chi connectivity index (χ3n) is 9.49. The summed E-state index contributed by atoms with van der Waals surface area (Å²) in [6, 6.07) is 0. The summed E-state index contributed by atoms with van der Waals surface area (Å²) in [6.07, 6.45) is -4.79. The zero-order chi connectivity index (χ0) is 27.2. The van der Waals surface area contributed by atoms with E-state index in [1.165, 1.54) is 6.08 Å². The normalized spacial score (nSPS) is 45.9. The van der Waals surface area contributed by atoms with Crippen molar-refractivity contribution in [3.8, 4) is 0 Å². The Hall–Kier alpha value is -2.76. The van der Waals surface area contributed by atoms with E-state index in [0.29, 0.717) is 11.1 Å². The van der Waals surface area contributed by atoms with Crippen LogP contribution in [0.4, 0.5) is 0 Å². The van der Waals surface area contributed by atoms with Crippen LogP contribution in [0.3, 0.4) is 0 Å². The lowest BCUT2D eigenvalue weighted by Gasteiger charge is -2.67. The highest BCUT2D eigenvalue weighted by atomic mass is 16.6. The maximum absolute atomic E-state index is 13.4. The summed E-state index contributed by atoms with van der Waals surface area (Å²) in [5, 5.41) is 33.6. The molecule has 5 aliphatic rings. The molecule has 2 heterocycles. The van der Waals surface area contributed by atoms with Crippen molar-refractivity contribution in [3.63, 3.8) is 0 Å². The third-order valence-corrected chi connectivity index (χ3v) is 9.49. The molecule has 0 aromatic heterocycles. The molecule has 11 heteroatoms. The predicted octanol–water partition coefficient (Wildman–Crippen LogP) is 0.517. The van der Waals surface area contributed by atoms with Gasteiger partial charge in [0.15, 0.2) is 11.5 Å². The fourth-order valence-electron chi connectivity index (χ4n) is 8.25. The van der Waals surface area contributed by atoms with Gasteiger partial charge in [0.2, 0.25) is 11.7 Å². The zero-order valence-electron chi connectivity index (χ0n) is 21.3. The molecule has 4 fully saturated rings. The number of hydrogen-bond donors (Lipinski definition) is 3. The van der Waals surface area contributed by atoms with Gasteiger partial charge in [-0.3, -0.25) is 4.79 Å². The molecule has 0 aromatic rings. The summed E-state index contributed by atoms with van der Waals surface area (Å²) in [5.74, 6) is -6.30. The largest absolute Gasteiger partial charge is 0.504 e. The van der Waals surface area contributed by atoms with Gasteiger partial charge >= 0.3 is 17.9 Å². The van der Waals surface area contributed by atoms with Gasteiger partial charge in [-0.1, -0.05) is 12.5 Å². The van der Waals surface area contributed by atoms with E-state index < -0.39 is 82.3 Å². The van der Waals surface area contributed by atoms with E-state index in [4.69, 9.17) is 18.9 Å². The van der Waals surface area contributed by atoms with Crippen LogP contribution in [0, 0.1) is 28.6 Å². The van der Waals surface area contributed by atoms with Gasteiger partial charge in [-0.2, -0.15) is 0 Å². The molecule has 3 aliphatic carbocycles. The van der Waals surface area contributed by atoms with Crippen molar-refractivity contribution in [2.75, 3.05) is 13.7 Å². The maximum atomic E-state index is 13.4. The lowest BCUT2D eigenvalue weighted by molar-refractivity contribution is -0.290. The number of ketones is 1. The fourth-order valence-corrected chi connectivity index (χ4v) is 8.25. The van der Waals surface area contributed by atoms with E-state index in [1.54, 1.807) is 27.7 Å². The Morgan fingerprint density at radius 3 is 2.46 bits per heavy atom. The molecule has 5 rings (SSSR count). The van der Waals surface area contributed by atoms with Crippen molar-refractivity contribution in [3.05, 3.63) is 23.0 Å². The van der Waals surface area contributed by atoms with Gasteiger partial charge in [-0.25, -0.2) is 14.4 Å². The van der Waals surface area contributed by atoms with Crippen molar-refractivity contribution in [1.29, 1.82) is 0 Å². The summed E-state index contributed by atoms with van der Waals surface area (Å²) < 4.78 is 22.5. The molecular formula is C26H32O11. The van der Waals surface area contributed by atoms with Crippen molar-refractivity contribution in [2.45, 2.75) is 70.6 Å². The molecule has 2 saturated heterocycles. The van der Waals surface area contributed by atoms with Gasteiger partial charge < -0.3 is 34.3 Å². The van der Waals surface area contributed by atoms with E-state index in [2.05, 4.69) is 0 Å². The molecule has 202 valence electrons. The molecule has 11 nitrogen and oxygen atoms in total. The highest BCUT2D eigenvalue weighted by Gasteiger charge is 2.85. The Morgan fingerprint density at radius 1 is 1.16 bits per heavy atom. The number of ether oxygens (including phenoxy) is 4. The Kier molecular flexibility index (Phi) is 5.68. The minimum absolute atomic E-state index is 0.141. The van der Waals surface area contributed by atoms with E-state index in [0.717, 1.165) is 7.11 Å². The summed E-state index contributed by atoms with van der Waals surface area (Å²) in [7, 11) is 1.09. The van der Waals surface area contributed by atoms with Crippen molar-refractivity contribution in [2.24, 2.45) is 28.6 Å². The van der Waals surface area contributed by atoms with Crippen LogP contribution in [0.25, 0.3) is 0 Å². The quantitative estimate of drug-likeness (QED) is 0.270. The van der Waals surface area contributed by atoms with Crippen molar-refractivity contribution in [1.82, 2.24) is 0 Å². The molecule has 0 aromatic carbocycles. The first-order chi connectivity index (χ1) is 17.3. The maximum Gasteiger partial charge on any atom is 0.348 e. The number of carbonyl (C=O) groups is 4. The third kappa shape index (κ3) is 3.04. The zero-order valence-corrected chi connectivity index (χ0v) is 21.3. The number of esters is 3. The standard InChI is InChI=1S/C26H32O11/c1-10(2)6-15(28)37-18-20-25-9-35-26(20,23(33)34-5)21(31)17(30)19(25)24(4)8-13(27)16(29)11(3)12(24)7-14(25)36-22(18)32/h6,12,14,17-21,29-31H,7-9H2,1-5H3/t12-,14+,17+,18+,19+,20+,21-,24-,25+,26+/m0/s1. The number of carbonyl (C=O) groups excluding carboxylic acids is 4. The number of aliphatic hydroxyl groups excluding tert-OH is 3. The summed E-state index contributed by atoms with van der Waals surface area (Å²) >= 11 is 0. The van der Waals surface area contributed by atoms with Crippen molar-refractivity contribution < 1.29 is 53.4 Å². The van der Waals surface area contributed by atoms with Crippen LogP contribution in [-0.2, 0) is 38.1 Å². The minimum Gasteiger partial charge on any atom is -0.504 e. The van der Waals surface area contributed by atoms with Gasteiger partial charge in [0.25, 0.3) is 0 Å². The Balaban J connectivity index is 1.74. The van der Waals surface area contributed by atoms with E-state index in [9.17, 15) is 34.5 Å².